The van der Waals surface area contributed by atoms with Crippen LogP contribution in [0.5, 0.6) is 0 Å². The van der Waals surface area contributed by atoms with Crippen molar-refractivity contribution in [3.8, 4) is 0 Å². The molecule has 0 amide bonds. The molecule has 1 aromatic rings. The summed E-state index contributed by atoms with van der Waals surface area (Å²) >= 11 is 0. The SMILES string of the molecule is O=C1C=CC(=O)O1.O=S(=O)([O-])C=Cc1ccccc1.[Na+]. The van der Waals surface area contributed by atoms with Gasteiger partial charge in [0.05, 0.1) is 0 Å². The summed E-state index contributed by atoms with van der Waals surface area (Å²) in [6.45, 7) is 0. The van der Waals surface area contributed by atoms with Crippen molar-refractivity contribution in [1.29, 1.82) is 0 Å². The largest absolute Gasteiger partial charge is 1.00 e. The van der Waals surface area contributed by atoms with Gasteiger partial charge in [0.1, 0.15) is 10.1 Å². The molecule has 100 valence electrons. The Kier molecular flexibility index (Phi) is 8.28. The van der Waals surface area contributed by atoms with Crippen molar-refractivity contribution in [2.75, 3.05) is 0 Å². The van der Waals surface area contributed by atoms with Gasteiger partial charge >= 0.3 is 41.5 Å². The Balaban J connectivity index is 0.000000387. The number of hydrogen-bond acceptors (Lipinski definition) is 6. The third-order valence-electron chi connectivity index (χ3n) is 1.78. The van der Waals surface area contributed by atoms with Crippen LogP contribution in [0.15, 0.2) is 47.9 Å². The van der Waals surface area contributed by atoms with Crippen molar-refractivity contribution >= 4 is 28.1 Å². The first-order valence-corrected chi connectivity index (χ1v) is 6.47. The Morgan fingerprint density at radius 2 is 1.50 bits per heavy atom. The van der Waals surface area contributed by atoms with Gasteiger partial charge in [-0.25, -0.2) is 18.0 Å². The van der Waals surface area contributed by atoms with Crippen LogP contribution in [0.4, 0.5) is 0 Å². The van der Waals surface area contributed by atoms with Gasteiger partial charge in [-0.1, -0.05) is 30.3 Å². The average molecular weight is 304 g/mol. The van der Waals surface area contributed by atoms with E-state index in [2.05, 4.69) is 4.74 Å². The molecule has 0 aliphatic carbocycles. The van der Waals surface area contributed by atoms with Crippen LogP contribution in [0.25, 0.3) is 6.08 Å². The number of esters is 2. The second-order valence-corrected chi connectivity index (χ2v) is 4.54. The maximum Gasteiger partial charge on any atom is 1.00 e. The molecule has 1 aliphatic rings. The van der Waals surface area contributed by atoms with E-state index in [1.54, 1.807) is 24.3 Å². The summed E-state index contributed by atoms with van der Waals surface area (Å²) in [5.41, 5.74) is 0.692. The number of rotatable bonds is 2. The minimum absolute atomic E-state index is 0. The maximum absolute atomic E-state index is 10.2. The summed E-state index contributed by atoms with van der Waals surface area (Å²) in [6.07, 6.45) is 3.44. The van der Waals surface area contributed by atoms with Crippen molar-refractivity contribution < 1.29 is 56.9 Å². The molecule has 0 aromatic heterocycles. The van der Waals surface area contributed by atoms with Crippen LogP contribution < -0.4 is 29.6 Å². The molecule has 1 aromatic carbocycles. The van der Waals surface area contributed by atoms with Gasteiger partial charge in [0.15, 0.2) is 0 Å². The molecule has 2 rings (SSSR count). The van der Waals surface area contributed by atoms with E-state index in [9.17, 15) is 22.6 Å². The summed E-state index contributed by atoms with van der Waals surface area (Å²) in [5.74, 6) is -1.16. The minimum atomic E-state index is -4.25. The van der Waals surface area contributed by atoms with Crippen LogP contribution in [0, 0.1) is 0 Å². The third-order valence-corrected chi connectivity index (χ3v) is 2.25. The van der Waals surface area contributed by atoms with Crippen LogP contribution >= 0.6 is 0 Å². The van der Waals surface area contributed by atoms with E-state index >= 15 is 0 Å². The molecule has 0 unspecified atom stereocenters. The zero-order valence-electron chi connectivity index (χ0n) is 10.6. The van der Waals surface area contributed by atoms with Gasteiger partial charge < -0.3 is 9.29 Å². The van der Waals surface area contributed by atoms with Crippen LogP contribution in [-0.2, 0) is 24.4 Å². The standard InChI is InChI=1S/C8H8O3S.C4H2O3.Na/c9-12(10,11)7-6-8-4-2-1-3-5-8;5-3-1-2-4(6)7-3;/h1-7H,(H,9,10,11);1-2H;/q;;+1/p-1. The number of ether oxygens (including phenoxy) is 1. The van der Waals surface area contributed by atoms with E-state index in [1.165, 1.54) is 6.08 Å². The summed E-state index contributed by atoms with van der Waals surface area (Å²) in [5, 5.41) is 0.641. The molecule has 1 aliphatic heterocycles. The van der Waals surface area contributed by atoms with E-state index in [-0.39, 0.29) is 29.6 Å². The molecule has 8 heteroatoms. The Hall–Kier alpha value is -1.25. The molecule has 0 saturated carbocycles. The van der Waals surface area contributed by atoms with Crippen LogP contribution in [0.2, 0.25) is 0 Å². The van der Waals surface area contributed by atoms with Gasteiger partial charge in [0, 0.05) is 17.6 Å². The first kappa shape index (κ1) is 18.8. The van der Waals surface area contributed by atoms with Gasteiger partial charge in [-0.05, 0) is 11.6 Å². The smallest absolute Gasteiger partial charge is 0.744 e. The quantitative estimate of drug-likeness (QED) is 0.267. The summed E-state index contributed by atoms with van der Waals surface area (Å²) in [7, 11) is -4.25. The zero-order chi connectivity index (χ0) is 14.3. The van der Waals surface area contributed by atoms with E-state index in [4.69, 9.17) is 0 Å². The Morgan fingerprint density at radius 3 is 1.85 bits per heavy atom. The molecule has 0 N–H and O–H groups in total. The monoisotopic (exact) mass is 304 g/mol. The molecule has 20 heavy (non-hydrogen) atoms. The van der Waals surface area contributed by atoms with Crippen molar-refractivity contribution in [3.05, 3.63) is 53.5 Å². The molecule has 0 fully saturated rings. The molecule has 0 bridgehead atoms. The second-order valence-electron chi connectivity index (χ2n) is 3.28. The van der Waals surface area contributed by atoms with Crippen molar-refractivity contribution in [1.82, 2.24) is 0 Å². The minimum Gasteiger partial charge on any atom is -0.744 e. The van der Waals surface area contributed by atoms with Gasteiger partial charge in [-0.3, -0.25) is 0 Å². The normalized spacial score (nSPS) is 13.4. The molecule has 0 spiro atoms. The average Bonchev–Trinajstić information content (AvgIpc) is 2.72. The van der Waals surface area contributed by atoms with Gasteiger partial charge in [0.2, 0.25) is 0 Å². The van der Waals surface area contributed by atoms with Crippen LogP contribution in [0.1, 0.15) is 5.56 Å². The predicted octanol–water partition coefficient (Wildman–Crippen LogP) is -2.17. The molecule has 0 atom stereocenters. The Morgan fingerprint density at radius 1 is 1.00 bits per heavy atom. The number of hydrogen-bond donors (Lipinski definition) is 0. The number of cyclic esters (lactones) is 2. The summed E-state index contributed by atoms with van der Waals surface area (Å²) < 4.78 is 34.5. The molecule has 1 heterocycles. The molecular weight excluding hydrogens is 295 g/mol. The number of benzene rings is 1. The van der Waals surface area contributed by atoms with Gasteiger partial charge in [-0.15, -0.1) is 0 Å². The van der Waals surface area contributed by atoms with E-state index < -0.39 is 22.1 Å². The first-order chi connectivity index (χ1) is 8.87. The van der Waals surface area contributed by atoms with Crippen LogP contribution in [-0.4, -0.2) is 24.9 Å². The fourth-order valence-electron chi connectivity index (χ4n) is 1.03. The summed E-state index contributed by atoms with van der Waals surface area (Å²) in [4.78, 5) is 19.8. The van der Waals surface area contributed by atoms with Gasteiger partial charge in [-0.2, -0.15) is 0 Å². The molecule has 6 nitrogen and oxygen atoms in total. The van der Waals surface area contributed by atoms with Crippen molar-refractivity contribution in [2.45, 2.75) is 0 Å². The molecular formula is C12H9NaO6S. The van der Waals surface area contributed by atoms with E-state index in [0.29, 0.717) is 11.0 Å². The Bertz CT molecular complexity index is 603. The topological polar surface area (TPSA) is 101 Å². The predicted molar refractivity (Wildman–Crippen MR) is 65.4 cm³/mol. The van der Waals surface area contributed by atoms with Crippen LogP contribution in [0.3, 0.4) is 0 Å². The maximum atomic E-state index is 10.2. The summed E-state index contributed by atoms with van der Waals surface area (Å²) in [6, 6.07) is 8.75. The van der Waals surface area contributed by atoms with Crippen molar-refractivity contribution in [2.24, 2.45) is 0 Å². The molecule has 0 radical (unpaired) electrons. The number of carbonyl (C=O) groups is 2. The third kappa shape index (κ3) is 8.78. The van der Waals surface area contributed by atoms with Crippen molar-refractivity contribution in [3.63, 3.8) is 0 Å². The zero-order valence-corrected chi connectivity index (χ0v) is 13.4. The first-order valence-electron chi connectivity index (χ1n) is 5.00. The number of carbonyl (C=O) groups excluding carboxylic acids is 2. The van der Waals surface area contributed by atoms with E-state index in [0.717, 1.165) is 12.2 Å². The fourth-order valence-corrected chi connectivity index (χ4v) is 1.35. The Labute approximate surface area is 138 Å². The van der Waals surface area contributed by atoms with E-state index in [1.807, 2.05) is 6.07 Å². The second kappa shape index (κ2) is 8.83. The molecule has 0 saturated heterocycles. The fraction of sp³-hybridized carbons (Fsp3) is 0. The van der Waals surface area contributed by atoms with Gasteiger partial charge in [0.25, 0.3) is 0 Å².